The first-order chi connectivity index (χ1) is 11.7. The van der Waals surface area contributed by atoms with Crippen molar-refractivity contribution in [2.45, 2.75) is 13.8 Å². The Balaban J connectivity index is 2.12. The molecule has 1 fully saturated rings. The van der Waals surface area contributed by atoms with Crippen molar-refractivity contribution < 1.29 is 22.7 Å². The minimum absolute atomic E-state index is 0.149. The first-order valence-corrected chi connectivity index (χ1v) is 9.15. The van der Waals surface area contributed by atoms with Crippen LogP contribution in [0.4, 0.5) is 15.8 Å². The molecule has 134 valence electrons. The molecule has 9 heteroatoms. The monoisotopic (exact) mass is 367 g/mol. The number of carbonyl (C=O) groups excluding carboxylic acids is 1. The normalized spacial score (nSPS) is 16.5. The van der Waals surface area contributed by atoms with Gasteiger partial charge in [0.1, 0.15) is 18.0 Å². The average Bonchev–Trinajstić information content (AvgIpc) is 2.78. The van der Waals surface area contributed by atoms with Crippen LogP contribution in [-0.4, -0.2) is 32.5 Å². The number of nitrogens with zero attached hydrogens (tertiary/aromatic N) is 1. The Morgan fingerprint density at radius 3 is 2.68 bits per heavy atom. The first-order valence-electron chi connectivity index (χ1n) is 7.71. The lowest BCUT2D eigenvalue weighted by Gasteiger charge is -2.18. The number of nitrogens with one attached hydrogen (secondary N) is 2. The van der Waals surface area contributed by atoms with Gasteiger partial charge in [0.2, 0.25) is 0 Å². The molecular weight excluding hydrogens is 349 g/mol. The van der Waals surface area contributed by atoms with Gasteiger partial charge in [-0.3, -0.25) is 4.79 Å². The van der Waals surface area contributed by atoms with Crippen molar-refractivity contribution in [3.8, 4) is 5.75 Å². The molecule has 0 radical (unpaired) electrons. The Labute approximate surface area is 144 Å². The van der Waals surface area contributed by atoms with Gasteiger partial charge in [0.25, 0.3) is 5.91 Å². The van der Waals surface area contributed by atoms with Crippen molar-refractivity contribution in [3.05, 3.63) is 30.1 Å². The van der Waals surface area contributed by atoms with Gasteiger partial charge in [0, 0.05) is 17.6 Å². The van der Waals surface area contributed by atoms with Crippen molar-refractivity contribution >= 4 is 38.3 Å². The van der Waals surface area contributed by atoms with E-state index < -0.39 is 39.9 Å². The van der Waals surface area contributed by atoms with Crippen LogP contribution >= 0.6 is 0 Å². The Morgan fingerprint density at radius 2 is 2.08 bits per heavy atom. The molecule has 1 amide bonds. The summed E-state index contributed by atoms with van der Waals surface area (Å²) < 4.78 is 41.2. The van der Waals surface area contributed by atoms with Crippen molar-refractivity contribution in [2.75, 3.05) is 22.7 Å². The second-order valence-electron chi connectivity index (χ2n) is 6.31. The van der Waals surface area contributed by atoms with E-state index in [0.717, 1.165) is 0 Å². The number of hydrogen-bond acceptors (Lipinski definition) is 5. The maximum atomic E-state index is 15.0. The van der Waals surface area contributed by atoms with Gasteiger partial charge in [-0.2, -0.15) is 8.42 Å². The summed E-state index contributed by atoms with van der Waals surface area (Å²) in [5.74, 6) is -1.84. The van der Waals surface area contributed by atoms with Crippen molar-refractivity contribution in [1.82, 2.24) is 4.72 Å². The third kappa shape index (κ3) is 3.19. The van der Waals surface area contributed by atoms with Crippen LogP contribution in [0.1, 0.15) is 13.8 Å². The number of anilines is 2. The molecule has 0 unspecified atom stereocenters. The molecule has 2 aromatic carbocycles. The zero-order valence-electron chi connectivity index (χ0n) is 13.7. The SMILES string of the molecule is CC(C)CNc1ccc2cc(O)c(N3CC(=O)NS3(=O)=O)c(F)c2c1. The fourth-order valence-electron chi connectivity index (χ4n) is 2.64. The minimum atomic E-state index is -4.22. The molecule has 7 nitrogen and oxygen atoms in total. The number of phenolic OH excluding ortho intramolecular Hbond substituents is 1. The van der Waals surface area contributed by atoms with Gasteiger partial charge in [-0.15, -0.1) is 0 Å². The first kappa shape index (κ1) is 17.3. The smallest absolute Gasteiger partial charge is 0.326 e. The summed E-state index contributed by atoms with van der Waals surface area (Å²) in [7, 11) is -4.22. The molecule has 0 spiro atoms. The highest BCUT2D eigenvalue weighted by Gasteiger charge is 2.37. The number of amides is 1. The van der Waals surface area contributed by atoms with E-state index >= 15 is 0 Å². The van der Waals surface area contributed by atoms with E-state index in [4.69, 9.17) is 0 Å². The highest BCUT2D eigenvalue weighted by Crippen LogP contribution is 2.39. The van der Waals surface area contributed by atoms with Gasteiger partial charge < -0.3 is 10.4 Å². The Morgan fingerprint density at radius 1 is 1.36 bits per heavy atom. The summed E-state index contributed by atoms with van der Waals surface area (Å²) in [6, 6.07) is 6.21. The van der Waals surface area contributed by atoms with E-state index in [1.165, 1.54) is 6.07 Å². The Hall–Kier alpha value is -2.55. The Kier molecular flexibility index (Phi) is 4.19. The number of aromatic hydroxyl groups is 1. The molecule has 0 aliphatic carbocycles. The number of fused-ring (bicyclic) bond motifs is 1. The average molecular weight is 367 g/mol. The second-order valence-corrected chi connectivity index (χ2v) is 7.90. The summed E-state index contributed by atoms with van der Waals surface area (Å²) in [6.45, 7) is 4.18. The largest absolute Gasteiger partial charge is 0.506 e. The highest BCUT2D eigenvalue weighted by molar-refractivity contribution is 7.92. The number of hydrogen-bond donors (Lipinski definition) is 3. The van der Waals surface area contributed by atoms with Crippen LogP contribution in [0.25, 0.3) is 10.8 Å². The number of rotatable bonds is 4. The van der Waals surface area contributed by atoms with E-state index in [1.807, 2.05) is 13.8 Å². The fourth-order valence-corrected chi connectivity index (χ4v) is 3.81. The molecule has 0 aromatic heterocycles. The van der Waals surface area contributed by atoms with Crippen molar-refractivity contribution in [2.24, 2.45) is 5.92 Å². The van der Waals surface area contributed by atoms with Gasteiger partial charge in [-0.25, -0.2) is 13.4 Å². The van der Waals surface area contributed by atoms with E-state index in [2.05, 4.69) is 5.32 Å². The predicted molar refractivity (Wildman–Crippen MR) is 93.3 cm³/mol. The van der Waals surface area contributed by atoms with Gasteiger partial charge >= 0.3 is 10.2 Å². The predicted octanol–water partition coefficient (Wildman–Crippen LogP) is 1.93. The van der Waals surface area contributed by atoms with Crippen molar-refractivity contribution in [1.29, 1.82) is 0 Å². The minimum Gasteiger partial charge on any atom is -0.506 e. The van der Waals surface area contributed by atoms with Crippen LogP contribution in [0.2, 0.25) is 0 Å². The molecule has 0 bridgehead atoms. The maximum Gasteiger partial charge on any atom is 0.326 e. The summed E-state index contributed by atoms with van der Waals surface area (Å²) in [4.78, 5) is 11.4. The third-order valence-electron chi connectivity index (χ3n) is 3.82. The molecule has 0 atom stereocenters. The standard InChI is InChI=1S/C16H18FN3O4S/c1-9(2)7-18-11-4-3-10-5-13(21)16(15(17)12(10)6-11)20-8-14(22)19-25(20,23)24/h3-6,9,18,21H,7-8H2,1-2H3,(H,19,22). The second kappa shape index (κ2) is 6.07. The molecule has 1 saturated heterocycles. The lowest BCUT2D eigenvalue weighted by molar-refractivity contribution is -0.117. The quantitative estimate of drug-likeness (QED) is 0.767. The highest BCUT2D eigenvalue weighted by atomic mass is 32.2. The molecule has 3 N–H and O–H groups in total. The van der Waals surface area contributed by atoms with E-state index in [0.29, 0.717) is 27.8 Å². The summed E-state index contributed by atoms with van der Waals surface area (Å²) in [5.41, 5.74) is 0.141. The molecule has 0 saturated carbocycles. The zero-order chi connectivity index (χ0) is 18.4. The van der Waals surface area contributed by atoms with Crippen LogP contribution in [0.15, 0.2) is 24.3 Å². The molecule has 3 rings (SSSR count). The topological polar surface area (TPSA) is 98.7 Å². The lowest BCUT2D eigenvalue weighted by atomic mass is 10.1. The molecular formula is C16H18FN3O4S. The molecule has 1 aliphatic heterocycles. The van der Waals surface area contributed by atoms with E-state index in [9.17, 15) is 22.7 Å². The molecule has 2 aromatic rings. The number of phenols is 1. The summed E-state index contributed by atoms with van der Waals surface area (Å²) in [5, 5.41) is 13.8. The van der Waals surface area contributed by atoms with Crippen LogP contribution in [0.5, 0.6) is 5.75 Å². The number of halogens is 1. The fraction of sp³-hybridized carbons (Fsp3) is 0.312. The molecule has 1 aliphatic rings. The number of carbonyl (C=O) groups is 1. The van der Waals surface area contributed by atoms with Gasteiger partial charge in [0.15, 0.2) is 5.82 Å². The summed E-state index contributed by atoms with van der Waals surface area (Å²) in [6.07, 6.45) is 0. The Bertz CT molecular complexity index is 959. The van der Waals surface area contributed by atoms with Gasteiger partial charge in [-0.05, 0) is 29.5 Å². The van der Waals surface area contributed by atoms with Crippen molar-refractivity contribution in [3.63, 3.8) is 0 Å². The molecule has 25 heavy (non-hydrogen) atoms. The maximum absolute atomic E-state index is 15.0. The van der Waals surface area contributed by atoms with E-state index in [1.54, 1.807) is 22.9 Å². The van der Waals surface area contributed by atoms with Crippen LogP contribution < -0.4 is 14.3 Å². The summed E-state index contributed by atoms with van der Waals surface area (Å²) >= 11 is 0. The number of benzene rings is 2. The van der Waals surface area contributed by atoms with Crippen LogP contribution in [-0.2, 0) is 15.0 Å². The zero-order valence-corrected chi connectivity index (χ0v) is 14.5. The van der Waals surface area contributed by atoms with Crippen LogP contribution in [0, 0.1) is 11.7 Å². The van der Waals surface area contributed by atoms with Gasteiger partial charge in [0.05, 0.1) is 0 Å². The van der Waals surface area contributed by atoms with Gasteiger partial charge in [-0.1, -0.05) is 19.9 Å². The van der Waals surface area contributed by atoms with Crippen LogP contribution in [0.3, 0.4) is 0 Å². The lowest BCUT2D eigenvalue weighted by Crippen LogP contribution is -2.30. The third-order valence-corrected chi connectivity index (χ3v) is 5.19. The van der Waals surface area contributed by atoms with E-state index in [-0.39, 0.29) is 5.39 Å². The molecule has 1 heterocycles.